The molecule has 0 aliphatic carbocycles. The molecule has 1 atom stereocenters. The molecule has 2 saturated heterocycles. The zero-order chi connectivity index (χ0) is 17.6. The number of amides is 1. The summed E-state index contributed by atoms with van der Waals surface area (Å²) < 4.78 is 5.37. The first-order chi connectivity index (χ1) is 12.2. The standard InChI is InChI=1S/C17H30N6O2.2ClH/c1-3-15-19-17(25-20-15)14(2)22-12-10-21(11-13-22)7-4-16(24)23-8-5-18-6-9-23;;/h14,18H,3-13H2,1-2H3;2*1H. The molecule has 1 amide bonds. The topological polar surface area (TPSA) is 77.7 Å². The second-order valence-electron chi connectivity index (χ2n) is 6.84. The van der Waals surface area contributed by atoms with Crippen molar-refractivity contribution in [1.29, 1.82) is 0 Å². The summed E-state index contributed by atoms with van der Waals surface area (Å²) in [5, 5.41) is 7.27. The first kappa shape index (κ1) is 24.1. The number of aryl methyl sites for hydroxylation is 1. The van der Waals surface area contributed by atoms with Crippen LogP contribution in [0.25, 0.3) is 0 Å². The van der Waals surface area contributed by atoms with E-state index >= 15 is 0 Å². The fraction of sp³-hybridized carbons (Fsp3) is 0.824. The van der Waals surface area contributed by atoms with Gasteiger partial charge in [-0.2, -0.15) is 4.98 Å². The van der Waals surface area contributed by atoms with Gasteiger partial charge >= 0.3 is 0 Å². The second kappa shape index (κ2) is 11.8. The van der Waals surface area contributed by atoms with Gasteiger partial charge in [-0.3, -0.25) is 9.69 Å². The molecule has 0 spiro atoms. The van der Waals surface area contributed by atoms with E-state index < -0.39 is 0 Å². The quantitative estimate of drug-likeness (QED) is 0.731. The summed E-state index contributed by atoms with van der Waals surface area (Å²) in [4.78, 5) is 23.5. The van der Waals surface area contributed by atoms with Crippen molar-refractivity contribution in [3.8, 4) is 0 Å². The molecule has 1 unspecified atom stereocenters. The monoisotopic (exact) mass is 422 g/mol. The van der Waals surface area contributed by atoms with Gasteiger partial charge in [-0.05, 0) is 6.92 Å². The van der Waals surface area contributed by atoms with Crippen LogP contribution < -0.4 is 5.32 Å². The molecule has 2 aliphatic heterocycles. The average Bonchev–Trinajstić information content (AvgIpc) is 3.16. The number of nitrogens with one attached hydrogen (secondary N) is 1. The Hall–Kier alpha value is -0.930. The third kappa shape index (κ3) is 6.57. The molecule has 3 rings (SSSR count). The van der Waals surface area contributed by atoms with Gasteiger partial charge in [0, 0.05) is 71.7 Å². The lowest BCUT2D eigenvalue weighted by molar-refractivity contribution is -0.132. The molecule has 2 aliphatic rings. The fourth-order valence-corrected chi connectivity index (χ4v) is 3.44. The van der Waals surface area contributed by atoms with Gasteiger partial charge in [0.05, 0.1) is 6.04 Å². The number of halogens is 2. The van der Waals surface area contributed by atoms with E-state index in [2.05, 4.69) is 32.2 Å². The molecule has 0 radical (unpaired) electrons. The number of carbonyl (C=O) groups excluding carboxylic acids is 1. The molecule has 0 aromatic carbocycles. The summed E-state index contributed by atoms with van der Waals surface area (Å²) in [5.74, 6) is 1.77. The lowest BCUT2D eigenvalue weighted by Gasteiger charge is -2.37. The van der Waals surface area contributed by atoms with Crippen LogP contribution in [0.5, 0.6) is 0 Å². The zero-order valence-corrected chi connectivity index (χ0v) is 17.9. The van der Waals surface area contributed by atoms with Gasteiger partial charge in [0.15, 0.2) is 5.82 Å². The van der Waals surface area contributed by atoms with Crippen LogP contribution in [0.4, 0.5) is 0 Å². The maximum atomic E-state index is 12.3. The summed E-state index contributed by atoms with van der Waals surface area (Å²) in [6.45, 7) is 12.4. The van der Waals surface area contributed by atoms with E-state index in [1.807, 2.05) is 11.8 Å². The molecule has 27 heavy (non-hydrogen) atoms. The third-order valence-corrected chi connectivity index (χ3v) is 5.22. The molecule has 10 heteroatoms. The van der Waals surface area contributed by atoms with Crippen molar-refractivity contribution in [3.05, 3.63) is 11.7 Å². The van der Waals surface area contributed by atoms with Gasteiger partial charge in [0.25, 0.3) is 0 Å². The van der Waals surface area contributed by atoms with E-state index in [0.717, 1.165) is 71.1 Å². The van der Waals surface area contributed by atoms with E-state index in [9.17, 15) is 4.79 Å². The maximum Gasteiger partial charge on any atom is 0.243 e. The maximum absolute atomic E-state index is 12.3. The Kier molecular flexibility index (Phi) is 10.5. The van der Waals surface area contributed by atoms with Gasteiger partial charge in [0.2, 0.25) is 11.8 Å². The van der Waals surface area contributed by atoms with Gasteiger partial charge in [-0.15, -0.1) is 24.8 Å². The molecule has 3 heterocycles. The first-order valence-electron chi connectivity index (χ1n) is 9.44. The normalized spacial score (nSPS) is 19.9. The molecule has 1 N–H and O–H groups in total. The highest BCUT2D eigenvalue weighted by atomic mass is 35.5. The van der Waals surface area contributed by atoms with Crippen LogP contribution in [0.3, 0.4) is 0 Å². The molecule has 0 bridgehead atoms. The Morgan fingerprint density at radius 2 is 1.81 bits per heavy atom. The Bertz CT molecular complexity index is 559. The minimum atomic E-state index is 0. The summed E-state index contributed by atoms with van der Waals surface area (Å²) in [5.41, 5.74) is 0. The van der Waals surface area contributed by atoms with Crippen molar-refractivity contribution in [2.75, 3.05) is 58.9 Å². The van der Waals surface area contributed by atoms with Crippen molar-refractivity contribution in [1.82, 2.24) is 30.2 Å². The van der Waals surface area contributed by atoms with Crippen molar-refractivity contribution >= 4 is 30.7 Å². The number of carbonyl (C=O) groups is 1. The Balaban J connectivity index is 0.00000182. The zero-order valence-electron chi connectivity index (χ0n) is 16.2. The molecular weight excluding hydrogens is 391 g/mol. The van der Waals surface area contributed by atoms with Gasteiger partial charge in [-0.1, -0.05) is 12.1 Å². The van der Waals surface area contributed by atoms with Crippen LogP contribution in [0.1, 0.15) is 38.0 Å². The van der Waals surface area contributed by atoms with Crippen molar-refractivity contribution in [2.24, 2.45) is 0 Å². The van der Waals surface area contributed by atoms with Crippen LogP contribution in [-0.2, 0) is 11.2 Å². The van der Waals surface area contributed by atoms with E-state index in [0.29, 0.717) is 12.3 Å². The number of hydrogen-bond acceptors (Lipinski definition) is 7. The van der Waals surface area contributed by atoms with Crippen LogP contribution in [0.15, 0.2) is 4.52 Å². The number of rotatable bonds is 6. The Labute approximate surface area is 173 Å². The summed E-state index contributed by atoms with van der Waals surface area (Å²) >= 11 is 0. The minimum Gasteiger partial charge on any atom is -0.340 e. The van der Waals surface area contributed by atoms with Crippen molar-refractivity contribution in [3.63, 3.8) is 0 Å². The Morgan fingerprint density at radius 1 is 1.15 bits per heavy atom. The SMILES string of the molecule is CCc1noc(C(C)N2CCN(CCC(=O)N3CCNCC3)CC2)n1.Cl.Cl. The predicted octanol–water partition coefficient (Wildman–Crippen LogP) is 0.976. The molecule has 1 aromatic heterocycles. The number of hydrogen-bond donors (Lipinski definition) is 1. The predicted molar refractivity (Wildman–Crippen MR) is 109 cm³/mol. The van der Waals surface area contributed by atoms with E-state index in [1.54, 1.807) is 0 Å². The van der Waals surface area contributed by atoms with E-state index in [4.69, 9.17) is 4.52 Å². The summed E-state index contributed by atoms with van der Waals surface area (Å²) in [6.07, 6.45) is 1.42. The minimum absolute atomic E-state index is 0. The molecule has 8 nitrogen and oxygen atoms in total. The summed E-state index contributed by atoms with van der Waals surface area (Å²) in [7, 11) is 0. The average molecular weight is 423 g/mol. The highest BCUT2D eigenvalue weighted by molar-refractivity contribution is 5.85. The second-order valence-corrected chi connectivity index (χ2v) is 6.84. The van der Waals surface area contributed by atoms with Crippen molar-refractivity contribution in [2.45, 2.75) is 32.7 Å². The number of aromatic nitrogens is 2. The van der Waals surface area contributed by atoms with Gasteiger partial charge < -0.3 is 19.6 Å². The lowest BCUT2D eigenvalue weighted by Crippen LogP contribution is -2.49. The van der Waals surface area contributed by atoms with Crippen LogP contribution in [0.2, 0.25) is 0 Å². The smallest absolute Gasteiger partial charge is 0.243 e. The molecule has 0 saturated carbocycles. The molecule has 2 fully saturated rings. The number of nitrogens with zero attached hydrogens (tertiary/aromatic N) is 5. The van der Waals surface area contributed by atoms with Gasteiger partial charge in [-0.25, -0.2) is 0 Å². The molecule has 1 aromatic rings. The van der Waals surface area contributed by atoms with Crippen LogP contribution in [-0.4, -0.2) is 89.7 Å². The third-order valence-electron chi connectivity index (χ3n) is 5.22. The largest absolute Gasteiger partial charge is 0.340 e. The highest BCUT2D eigenvalue weighted by Crippen LogP contribution is 2.20. The molecular formula is C17H32Cl2N6O2. The van der Waals surface area contributed by atoms with E-state index in [-0.39, 0.29) is 36.8 Å². The Morgan fingerprint density at radius 3 is 2.41 bits per heavy atom. The van der Waals surface area contributed by atoms with E-state index in [1.165, 1.54) is 0 Å². The van der Waals surface area contributed by atoms with Gasteiger partial charge in [0.1, 0.15) is 0 Å². The van der Waals surface area contributed by atoms with Crippen LogP contribution >= 0.6 is 24.8 Å². The van der Waals surface area contributed by atoms with Crippen molar-refractivity contribution < 1.29 is 9.32 Å². The summed E-state index contributed by atoms with van der Waals surface area (Å²) in [6, 6.07) is 0.150. The van der Waals surface area contributed by atoms with Crippen LogP contribution in [0, 0.1) is 0 Å². The first-order valence-corrected chi connectivity index (χ1v) is 9.44. The fourth-order valence-electron chi connectivity index (χ4n) is 3.44. The number of piperazine rings is 2. The molecule has 156 valence electrons. The lowest BCUT2D eigenvalue weighted by atomic mass is 10.2. The highest BCUT2D eigenvalue weighted by Gasteiger charge is 2.26.